The van der Waals surface area contributed by atoms with Crippen LogP contribution in [0.25, 0.3) is 56.3 Å². The number of H-pyrrole nitrogens is 4. The van der Waals surface area contributed by atoms with Gasteiger partial charge >= 0.3 is 0 Å². The van der Waals surface area contributed by atoms with Crippen LogP contribution in [-0.4, -0.2) is 226 Å². The lowest BCUT2D eigenvalue weighted by atomic mass is 10.1. The number of carbonyl (C=O) groups is 7. The highest BCUT2D eigenvalue weighted by Gasteiger charge is 2.25. The fourth-order valence-corrected chi connectivity index (χ4v) is 14.3. The second kappa shape index (κ2) is 44.6. The number of piperidine rings is 1. The molecule has 10 aromatic rings. The van der Waals surface area contributed by atoms with Gasteiger partial charge in [-0.3, -0.25) is 68.4 Å². The van der Waals surface area contributed by atoms with E-state index in [1.165, 1.54) is 0 Å². The Bertz CT molecular complexity index is 4880. The van der Waals surface area contributed by atoms with Crippen LogP contribution in [0, 0.1) is 0 Å². The van der Waals surface area contributed by atoms with Gasteiger partial charge in [-0.15, -0.1) is 0 Å². The number of methoxy groups -OCH3 is 5. The molecule has 119 heavy (non-hydrogen) atoms. The van der Waals surface area contributed by atoms with Gasteiger partial charge in [-0.2, -0.15) is 25.5 Å². The van der Waals surface area contributed by atoms with Crippen LogP contribution in [0.4, 0.5) is 29.1 Å². The van der Waals surface area contributed by atoms with Crippen LogP contribution in [0.1, 0.15) is 117 Å². The Morgan fingerprint density at radius 3 is 1.29 bits per heavy atom. The van der Waals surface area contributed by atoms with Crippen molar-refractivity contribution in [1.82, 2.24) is 70.2 Å². The van der Waals surface area contributed by atoms with Crippen LogP contribution >= 0.6 is 0 Å². The largest absolute Gasteiger partial charge is 0.497 e. The molecule has 0 bridgehead atoms. The summed E-state index contributed by atoms with van der Waals surface area (Å²) in [5, 5.41) is 42.6. The Morgan fingerprint density at radius 1 is 0.395 bits per heavy atom. The Morgan fingerprint density at radius 2 is 0.807 bits per heavy atom. The number of ether oxygens (including phenoxy) is 5. The summed E-state index contributed by atoms with van der Waals surface area (Å²) in [6, 6.07) is 47.6. The minimum Gasteiger partial charge on any atom is -0.497 e. The summed E-state index contributed by atoms with van der Waals surface area (Å²) in [6.45, 7) is 13.4. The predicted molar refractivity (Wildman–Crippen MR) is 458 cm³/mol. The molecule has 0 unspecified atom stereocenters. The summed E-state index contributed by atoms with van der Waals surface area (Å²) in [6.07, 6.45) is 10.9. The number of benzene rings is 5. The third-order valence-corrected chi connectivity index (χ3v) is 21.2. The van der Waals surface area contributed by atoms with Crippen molar-refractivity contribution in [3.05, 3.63) is 152 Å². The van der Waals surface area contributed by atoms with Crippen molar-refractivity contribution >= 4 is 70.4 Å². The van der Waals surface area contributed by atoms with Crippen molar-refractivity contribution in [2.24, 2.45) is 0 Å². The lowest BCUT2D eigenvalue weighted by Crippen LogP contribution is -2.35. The molecule has 5 aromatic carbocycles. The number of aromatic nitrogens is 10. The third kappa shape index (κ3) is 26.2. The van der Waals surface area contributed by atoms with Crippen LogP contribution in [-0.2, 0) is 40.1 Å². The van der Waals surface area contributed by atoms with Gasteiger partial charge in [-0.05, 0) is 240 Å². The van der Waals surface area contributed by atoms with Gasteiger partial charge in [-0.1, -0.05) is 0 Å². The molecule has 3 saturated heterocycles. The molecule has 5 aromatic heterocycles. The Kier molecular flexibility index (Phi) is 32.7. The molecule has 630 valence electrons. The zero-order valence-electron chi connectivity index (χ0n) is 69.2. The number of unbranched alkanes of at least 4 members (excludes halogenated alkanes) is 3. The summed E-state index contributed by atoms with van der Waals surface area (Å²) >= 11 is 0. The number of aryl methyl sites for hydroxylation is 1. The Balaban J connectivity index is 0.000000189. The van der Waals surface area contributed by atoms with E-state index in [1.807, 2.05) is 154 Å². The minimum atomic E-state index is -0.142. The van der Waals surface area contributed by atoms with E-state index in [1.54, 1.807) is 71.3 Å². The molecule has 3 fully saturated rings. The van der Waals surface area contributed by atoms with E-state index in [9.17, 15) is 33.6 Å². The number of amides is 7. The maximum atomic E-state index is 13.6. The van der Waals surface area contributed by atoms with E-state index < -0.39 is 0 Å². The highest BCUT2D eigenvalue weighted by Crippen LogP contribution is 2.31. The van der Waals surface area contributed by atoms with Gasteiger partial charge in [0.1, 0.15) is 28.7 Å². The molecule has 0 aliphatic carbocycles. The Labute approximate surface area is 694 Å². The molecule has 7 N–H and O–H groups in total. The smallest absolute Gasteiger partial charge is 0.228 e. The lowest BCUT2D eigenvalue weighted by molar-refractivity contribution is -0.129. The van der Waals surface area contributed by atoms with Crippen LogP contribution < -0.4 is 49.4 Å². The summed E-state index contributed by atoms with van der Waals surface area (Å²) in [4.78, 5) is 99.3. The van der Waals surface area contributed by atoms with Crippen molar-refractivity contribution < 1.29 is 57.2 Å². The molecule has 31 heteroatoms. The first-order valence-electron chi connectivity index (χ1n) is 40.9. The van der Waals surface area contributed by atoms with E-state index in [-0.39, 0.29) is 41.4 Å². The summed E-state index contributed by atoms with van der Waals surface area (Å²) in [7, 11) is 8.15. The number of nitrogens with zero attached hydrogens (tertiary/aromatic N) is 12. The van der Waals surface area contributed by atoms with E-state index >= 15 is 0 Å². The number of nitrogens with one attached hydrogen (secondary N) is 7. The van der Waals surface area contributed by atoms with Crippen LogP contribution in [0.2, 0.25) is 0 Å². The molecule has 7 amide bonds. The summed E-state index contributed by atoms with van der Waals surface area (Å²) in [5.41, 5.74) is 8.92. The quantitative estimate of drug-likeness (QED) is 0.0184. The molecular formula is C88H111N19O12. The van der Waals surface area contributed by atoms with Gasteiger partial charge in [-0.25, -0.2) is 0 Å². The van der Waals surface area contributed by atoms with Crippen molar-refractivity contribution in [1.29, 1.82) is 0 Å². The first kappa shape index (κ1) is 87.2. The van der Waals surface area contributed by atoms with E-state index in [2.05, 4.69) is 66.5 Å². The molecule has 3 aliphatic heterocycles. The number of carbonyl (C=O) groups excluding carboxylic acids is 7. The summed E-state index contributed by atoms with van der Waals surface area (Å²) in [5.74, 6) is 6.60. The molecule has 0 spiro atoms. The second-order valence-corrected chi connectivity index (χ2v) is 29.5. The standard InChI is InChI=1S/C37H48N8O5.C36H46N8O5.C15H17N3O2/c1-27(46)44-21-8-20-43(23-24-44)19-6-5-10-37(48)45(35-26-33(40-42-35)29-13-17-31(50-3)18-14-29)22-7-4-9-36(47)38-34-25-32(39-41-34)28-11-15-30(49-2)16-12-28;1-26(45)43-20-7-19-42(22-23-43)18-6-9-36(47)38-34-25-32(28-12-16-30(49-3)17-13-28)44(41-34)21-5-4-8-35(46)37-33-24-31(39-40-33)27-10-14-29(48-2)15-11-27;1-20-12-7-5-11(6-8-12)13-10-14(17-16-13)18-9-3-2-4-15(18)19/h11-18,25-26H,4-10,19-24H2,1-3H3,(H,40,42)(H2,38,39,41,47);10-17,24-25H,4-9,18-23H2,1-3H3,(H,38,41,47)(H2,37,39,40,46);5-8,10H,2-4,9H2,1H3,(H,16,17). The number of rotatable bonds is 34. The van der Waals surface area contributed by atoms with Crippen molar-refractivity contribution in [3.63, 3.8) is 0 Å². The van der Waals surface area contributed by atoms with Gasteiger partial charge in [0.2, 0.25) is 41.4 Å². The first-order valence-corrected chi connectivity index (χ1v) is 40.9. The topological polar surface area (TPSA) is 354 Å². The molecule has 13 rings (SSSR count). The average Bonchev–Trinajstić information content (AvgIpc) is 1.71. The highest BCUT2D eigenvalue weighted by molar-refractivity contribution is 5.95. The van der Waals surface area contributed by atoms with E-state index in [0.29, 0.717) is 100.0 Å². The van der Waals surface area contributed by atoms with Crippen molar-refractivity contribution in [2.45, 2.75) is 123 Å². The zero-order valence-corrected chi connectivity index (χ0v) is 69.2. The maximum absolute atomic E-state index is 13.6. The molecular weight excluding hydrogens is 1520 g/mol. The monoisotopic (exact) mass is 1630 g/mol. The molecule has 31 nitrogen and oxygen atoms in total. The highest BCUT2D eigenvalue weighted by atomic mass is 16.5. The number of anilines is 5. The number of hydrogen-bond donors (Lipinski definition) is 7. The normalized spacial score (nSPS) is 13.8. The van der Waals surface area contributed by atoms with Gasteiger partial charge in [0.15, 0.2) is 29.1 Å². The van der Waals surface area contributed by atoms with E-state index in [4.69, 9.17) is 28.8 Å². The van der Waals surface area contributed by atoms with Crippen LogP contribution in [0.15, 0.2) is 152 Å². The molecule has 0 radical (unpaired) electrons. The fourth-order valence-electron chi connectivity index (χ4n) is 14.3. The van der Waals surface area contributed by atoms with Crippen LogP contribution in [0.3, 0.4) is 0 Å². The van der Waals surface area contributed by atoms with Gasteiger partial charge in [0.05, 0.1) is 64.0 Å². The van der Waals surface area contributed by atoms with Gasteiger partial charge < -0.3 is 59.2 Å². The maximum Gasteiger partial charge on any atom is 0.228 e. The predicted octanol–water partition coefficient (Wildman–Crippen LogP) is 13.0. The van der Waals surface area contributed by atoms with Crippen molar-refractivity contribution in [2.75, 3.05) is 140 Å². The van der Waals surface area contributed by atoms with Crippen molar-refractivity contribution in [3.8, 4) is 85.0 Å². The average molecular weight is 1630 g/mol. The molecule has 8 heterocycles. The van der Waals surface area contributed by atoms with Crippen LogP contribution in [0.5, 0.6) is 28.7 Å². The molecule has 0 saturated carbocycles. The van der Waals surface area contributed by atoms with Gasteiger partial charge in [0, 0.05) is 141 Å². The summed E-state index contributed by atoms with van der Waals surface area (Å²) < 4.78 is 28.1. The zero-order chi connectivity index (χ0) is 83.8. The first-order chi connectivity index (χ1) is 57.9. The third-order valence-electron chi connectivity index (χ3n) is 21.2. The molecule has 0 atom stereocenters. The lowest BCUT2D eigenvalue weighted by Gasteiger charge is -2.24. The Hall–Kier alpha value is -12.6. The molecule has 3 aliphatic rings. The van der Waals surface area contributed by atoms with Gasteiger partial charge in [0.25, 0.3) is 0 Å². The number of hydrogen-bond acceptors (Lipinski definition) is 19. The fraction of sp³-hybridized carbons (Fsp3) is 0.409. The second-order valence-electron chi connectivity index (χ2n) is 29.5. The van der Waals surface area contributed by atoms with E-state index in [0.717, 1.165) is 202 Å². The SMILES string of the molecule is COc1ccc(-c2cc(N3CCCCC3=O)n[nH]2)cc1.COc1ccc(-c2cc(NC(=O)CCCCN(C(=O)CCCCN3CCCN(C(C)=O)CC3)c3cc(-c4ccc(OC)cc4)[nH]n3)n[nH]2)cc1.COc1ccc(-c2cc(NC(=O)CCCCn3nc(NC(=O)CCCN4CCCN(C(C)=O)CC4)cc3-c3ccc(OC)cc3)n[nH]2)cc1. The number of aromatic amines is 4. The minimum absolute atomic E-state index is 0.00318.